The number of carbonyl (C=O) groups is 1. The van der Waals surface area contributed by atoms with Gasteiger partial charge in [0.05, 0.1) is 6.42 Å². The van der Waals surface area contributed by atoms with E-state index < -0.39 is 22.4 Å². The number of aliphatic hydroxyl groups is 3. The summed E-state index contributed by atoms with van der Waals surface area (Å²) in [4.78, 5) is 12.9. The first-order valence-electron chi connectivity index (χ1n) is 14.3. The summed E-state index contributed by atoms with van der Waals surface area (Å²) in [5.41, 5.74) is 1.17. The number of phenolic OH excluding ortho intramolecular Hbond substituents is 1. The minimum Gasteiger partial charge on any atom is -0.512 e. The van der Waals surface area contributed by atoms with Gasteiger partial charge in [0.1, 0.15) is 23.0 Å². The Labute approximate surface area is 247 Å². The first-order chi connectivity index (χ1) is 19.6. The van der Waals surface area contributed by atoms with Gasteiger partial charge in [0.25, 0.3) is 0 Å². The number of carbonyl (C=O) groups excluding carboxylic acids is 1. The molecule has 6 heteroatoms. The Balaban J connectivity index is 1.66. The third-order valence-electron chi connectivity index (χ3n) is 9.47. The van der Waals surface area contributed by atoms with Crippen molar-refractivity contribution in [3.8, 4) is 11.5 Å². The number of para-hydroxylation sites is 1. The minimum atomic E-state index is -1.88. The van der Waals surface area contributed by atoms with E-state index in [2.05, 4.69) is 33.6 Å². The van der Waals surface area contributed by atoms with Crippen molar-refractivity contribution in [3.05, 3.63) is 112 Å². The molecule has 6 nitrogen and oxygen atoms in total. The van der Waals surface area contributed by atoms with E-state index >= 15 is 0 Å². The van der Waals surface area contributed by atoms with Crippen molar-refractivity contribution in [3.63, 3.8) is 0 Å². The van der Waals surface area contributed by atoms with Crippen LogP contribution in [0.1, 0.15) is 75.6 Å². The highest BCUT2D eigenvalue weighted by Crippen LogP contribution is 2.66. The van der Waals surface area contributed by atoms with Gasteiger partial charge in [-0.05, 0) is 65.7 Å². The van der Waals surface area contributed by atoms with Gasteiger partial charge in [0, 0.05) is 39.5 Å². The number of benzene rings is 2. The Hall–Kier alpha value is -4.03. The monoisotopic (exact) mass is 568 g/mol. The average Bonchev–Trinajstić information content (AvgIpc) is 2.87. The molecule has 0 amide bonds. The quantitative estimate of drug-likeness (QED) is 0.219. The van der Waals surface area contributed by atoms with Gasteiger partial charge in [0.2, 0.25) is 0 Å². The number of hydrogen-bond acceptors (Lipinski definition) is 6. The highest BCUT2D eigenvalue weighted by Gasteiger charge is 2.64. The van der Waals surface area contributed by atoms with E-state index in [1.54, 1.807) is 31.2 Å². The Bertz CT molecular complexity index is 1620. The molecule has 0 radical (unpaired) electrons. The van der Waals surface area contributed by atoms with Crippen molar-refractivity contribution >= 4 is 11.5 Å². The average molecular weight is 569 g/mol. The van der Waals surface area contributed by atoms with Gasteiger partial charge in [-0.25, -0.2) is 0 Å². The summed E-state index contributed by atoms with van der Waals surface area (Å²) in [5.74, 6) is -0.296. The number of aromatic hydroxyl groups is 1. The summed E-state index contributed by atoms with van der Waals surface area (Å²) in [6.45, 7) is 22.2. The first kappa shape index (κ1) is 29.5. The molecule has 42 heavy (non-hydrogen) atoms. The zero-order valence-electron chi connectivity index (χ0n) is 25.1. The molecule has 3 aliphatic rings. The van der Waals surface area contributed by atoms with Gasteiger partial charge < -0.3 is 25.2 Å². The lowest BCUT2D eigenvalue weighted by atomic mass is 9.47. The molecule has 2 aromatic carbocycles. The third kappa shape index (κ3) is 4.15. The molecule has 5 rings (SSSR count). The van der Waals surface area contributed by atoms with Crippen LogP contribution < -0.4 is 4.74 Å². The minimum absolute atomic E-state index is 0.0643. The molecule has 0 saturated heterocycles. The van der Waals surface area contributed by atoms with Crippen LogP contribution >= 0.6 is 0 Å². The van der Waals surface area contributed by atoms with Crippen LogP contribution in [-0.4, -0.2) is 32.0 Å². The number of rotatable bonds is 5. The molecule has 0 fully saturated rings. The van der Waals surface area contributed by atoms with Gasteiger partial charge in [-0.1, -0.05) is 71.7 Å². The number of aliphatic hydroxyl groups excluding tert-OH is 2. The largest absolute Gasteiger partial charge is 0.512 e. The van der Waals surface area contributed by atoms with Crippen LogP contribution in [0.15, 0.2) is 89.9 Å². The van der Waals surface area contributed by atoms with Crippen LogP contribution in [0.5, 0.6) is 11.5 Å². The van der Waals surface area contributed by atoms with E-state index in [1.165, 1.54) is 0 Å². The van der Waals surface area contributed by atoms with Crippen LogP contribution in [0, 0.1) is 10.8 Å². The number of allylic oxidation sites excluding steroid dienone is 4. The lowest BCUT2D eigenvalue weighted by Gasteiger charge is -2.58. The molecule has 4 N–H and O–H groups in total. The second kappa shape index (κ2) is 9.77. The molecule has 0 aliphatic heterocycles. The zero-order valence-corrected chi connectivity index (χ0v) is 25.1. The van der Waals surface area contributed by atoms with Gasteiger partial charge in [0.15, 0.2) is 5.60 Å². The summed E-state index contributed by atoms with van der Waals surface area (Å²) in [7, 11) is 0. The van der Waals surface area contributed by atoms with Gasteiger partial charge in [-0.15, -0.1) is 0 Å². The maximum Gasteiger partial charge on any atom is 0.315 e. The second-order valence-electron chi connectivity index (χ2n) is 13.1. The van der Waals surface area contributed by atoms with Crippen LogP contribution in [0.2, 0.25) is 0 Å². The van der Waals surface area contributed by atoms with Crippen molar-refractivity contribution in [2.24, 2.45) is 10.8 Å². The maximum atomic E-state index is 12.9. The number of hydrogen-bond donors (Lipinski definition) is 4. The lowest BCUT2D eigenvalue weighted by Crippen LogP contribution is -2.59. The second-order valence-corrected chi connectivity index (χ2v) is 13.1. The molecule has 2 aromatic rings. The zero-order chi connectivity index (χ0) is 30.9. The first-order valence-corrected chi connectivity index (χ1v) is 14.3. The van der Waals surface area contributed by atoms with E-state index in [0.717, 1.165) is 11.1 Å². The SMILES string of the molecule is C=C(C)C1=C(O)C[C@@]2(C)C[C@@]3(C)Cc4c(C(C)C)cc(CC(=O)Oc5ccccc5)c(O)c4C(=C)C3=C(O)[C@@]2(O)C1=C. The molecule has 0 spiro atoms. The fourth-order valence-corrected chi connectivity index (χ4v) is 7.79. The van der Waals surface area contributed by atoms with Crippen LogP contribution in [0.25, 0.3) is 5.57 Å². The van der Waals surface area contributed by atoms with Gasteiger partial charge >= 0.3 is 5.97 Å². The fourth-order valence-electron chi connectivity index (χ4n) is 7.79. The van der Waals surface area contributed by atoms with Crippen molar-refractivity contribution in [1.29, 1.82) is 0 Å². The molecule has 3 aliphatic carbocycles. The Morgan fingerprint density at radius 3 is 2.31 bits per heavy atom. The third-order valence-corrected chi connectivity index (χ3v) is 9.47. The van der Waals surface area contributed by atoms with Crippen molar-refractivity contribution in [1.82, 2.24) is 0 Å². The standard InChI is InChI=1S/C36H40O6/c1-19(2)25-14-23(15-28(38)42-24-12-10-9-11-13-24)32(39)30-21(5)31-33(40)36(41)22(6)29(20(3)4)27(37)17-35(36,8)18-34(31,7)16-26(25)30/h9-14,19,37,39-41H,3,5-6,15-18H2,1-2,4,7-8H3/t34-,35+,36+/m1/s1. The fraction of sp³-hybridized carbons (Fsp3) is 0.361. The molecular formula is C36H40O6. The predicted octanol–water partition coefficient (Wildman–Crippen LogP) is 7.54. The van der Waals surface area contributed by atoms with E-state index in [-0.39, 0.29) is 41.6 Å². The van der Waals surface area contributed by atoms with Gasteiger partial charge in [-0.2, -0.15) is 0 Å². The Morgan fingerprint density at radius 2 is 1.71 bits per heavy atom. The highest BCUT2D eigenvalue weighted by molar-refractivity contribution is 5.90. The number of fused-ring (bicyclic) bond motifs is 3. The van der Waals surface area contributed by atoms with Gasteiger partial charge in [-0.3, -0.25) is 4.79 Å². The normalized spacial score (nSPS) is 27.0. The topological polar surface area (TPSA) is 107 Å². The summed E-state index contributed by atoms with van der Waals surface area (Å²) >= 11 is 0. The van der Waals surface area contributed by atoms with E-state index in [4.69, 9.17) is 4.74 Å². The molecule has 0 bridgehead atoms. The van der Waals surface area contributed by atoms with E-state index in [0.29, 0.717) is 52.0 Å². The molecule has 220 valence electrons. The lowest BCUT2D eigenvalue weighted by molar-refractivity contribution is -0.133. The van der Waals surface area contributed by atoms with Crippen molar-refractivity contribution < 1.29 is 30.0 Å². The van der Waals surface area contributed by atoms with Crippen LogP contribution in [0.4, 0.5) is 0 Å². The molecule has 0 heterocycles. The highest BCUT2D eigenvalue weighted by atomic mass is 16.5. The molecule has 0 saturated carbocycles. The Morgan fingerprint density at radius 1 is 1.07 bits per heavy atom. The Kier molecular flexibility index (Phi) is 6.85. The van der Waals surface area contributed by atoms with Crippen molar-refractivity contribution in [2.75, 3.05) is 0 Å². The van der Waals surface area contributed by atoms with Crippen molar-refractivity contribution in [2.45, 2.75) is 71.8 Å². The smallest absolute Gasteiger partial charge is 0.315 e. The molecular weight excluding hydrogens is 528 g/mol. The van der Waals surface area contributed by atoms with Crippen LogP contribution in [-0.2, 0) is 17.6 Å². The predicted molar refractivity (Wildman–Crippen MR) is 164 cm³/mol. The molecule has 3 atom stereocenters. The maximum absolute atomic E-state index is 12.9. The summed E-state index contributed by atoms with van der Waals surface area (Å²) in [5, 5.41) is 47.0. The molecule has 0 unspecified atom stereocenters. The number of esters is 1. The number of ether oxygens (including phenoxy) is 1. The van der Waals surface area contributed by atoms with E-state index in [1.807, 2.05) is 26.0 Å². The molecule has 0 aromatic heterocycles. The number of phenols is 1. The summed E-state index contributed by atoms with van der Waals surface area (Å²) in [6, 6.07) is 10.6. The summed E-state index contributed by atoms with van der Waals surface area (Å²) in [6.07, 6.45) is 0.868. The van der Waals surface area contributed by atoms with Crippen LogP contribution in [0.3, 0.4) is 0 Å². The van der Waals surface area contributed by atoms with E-state index in [9.17, 15) is 25.2 Å². The summed E-state index contributed by atoms with van der Waals surface area (Å²) < 4.78 is 5.50.